The fraction of sp³-hybridized carbons (Fsp3) is 0.278. The van der Waals surface area contributed by atoms with E-state index in [0.29, 0.717) is 16.5 Å². The summed E-state index contributed by atoms with van der Waals surface area (Å²) in [6.07, 6.45) is 1.58. The standard InChI is InChI=1S/C18H17F2N3O3S/c1-10-14(8-9-25-10)16-21-22-18(23(16)3)27-11(2)15(24)12-4-6-13(7-5-12)26-17(19)20/h4-9,11,17H,1-3H3/t11-/m0/s1. The third-order valence-corrected chi connectivity index (χ3v) is 5.08. The molecule has 0 saturated heterocycles. The SMILES string of the molecule is Cc1occc1-c1nnc(S[C@@H](C)C(=O)c2ccc(OC(F)F)cc2)n1C. The van der Waals surface area contributed by atoms with E-state index in [9.17, 15) is 13.6 Å². The topological polar surface area (TPSA) is 70.2 Å². The number of ketones is 1. The second kappa shape index (κ2) is 7.91. The summed E-state index contributed by atoms with van der Waals surface area (Å²) in [5.41, 5.74) is 1.25. The molecule has 0 saturated carbocycles. The number of rotatable bonds is 7. The van der Waals surface area contributed by atoms with Crippen LogP contribution in [0.15, 0.2) is 46.2 Å². The number of alkyl halides is 2. The van der Waals surface area contributed by atoms with Gasteiger partial charge in [-0.15, -0.1) is 10.2 Å². The highest BCUT2D eigenvalue weighted by molar-refractivity contribution is 8.00. The van der Waals surface area contributed by atoms with Gasteiger partial charge in [0, 0.05) is 12.6 Å². The van der Waals surface area contributed by atoms with Crippen LogP contribution in [0, 0.1) is 6.92 Å². The van der Waals surface area contributed by atoms with Crippen molar-refractivity contribution in [3.8, 4) is 17.1 Å². The minimum absolute atomic E-state index is 0.00952. The first-order valence-electron chi connectivity index (χ1n) is 8.06. The molecule has 0 bridgehead atoms. The van der Waals surface area contributed by atoms with Gasteiger partial charge in [-0.25, -0.2) is 0 Å². The number of benzene rings is 1. The first-order valence-corrected chi connectivity index (χ1v) is 8.94. The van der Waals surface area contributed by atoms with Gasteiger partial charge in [-0.05, 0) is 44.2 Å². The molecule has 1 atom stereocenters. The number of hydrogen-bond acceptors (Lipinski definition) is 6. The number of aromatic nitrogens is 3. The first kappa shape index (κ1) is 19.1. The van der Waals surface area contributed by atoms with E-state index >= 15 is 0 Å². The minimum Gasteiger partial charge on any atom is -0.469 e. The van der Waals surface area contributed by atoms with E-state index in [0.717, 1.165) is 11.3 Å². The van der Waals surface area contributed by atoms with Gasteiger partial charge in [0.15, 0.2) is 16.8 Å². The number of hydrogen-bond donors (Lipinski definition) is 0. The van der Waals surface area contributed by atoms with Crippen molar-refractivity contribution in [1.29, 1.82) is 0 Å². The molecule has 0 aliphatic heterocycles. The summed E-state index contributed by atoms with van der Waals surface area (Å²) < 4.78 is 35.8. The molecule has 0 spiro atoms. The number of carbonyl (C=O) groups excluding carboxylic acids is 1. The lowest BCUT2D eigenvalue weighted by atomic mass is 10.1. The molecule has 3 rings (SSSR count). The molecular formula is C18H17F2N3O3S. The molecule has 0 aliphatic carbocycles. The van der Waals surface area contributed by atoms with E-state index in [4.69, 9.17) is 4.42 Å². The number of thioether (sulfide) groups is 1. The van der Waals surface area contributed by atoms with Gasteiger partial charge in [-0.1, -0.05) is 11.8 Å². The Balaban J connectivity index is 1.72. The fourth-order valence-electron chi connectivity index (χ4n) is 2.52. The van der Waals surface area contributed by atoms with Crippen molar-refractivity contribution in [1.82, 2.24) is 14.8 Å². The van der Waals surface area contributed by atoms with E-state index < -0.39 is 11.9 Å². The second-order valence-corrected chi connectivity index (χ2v) is 7.09. The molecule has 142 valence electrons. The van der Waals surface area contributed by atoms with E-state index in [1.807, 2.05) is 20.0 Å². The monoisotopic (exact) mass is 393 g/mol. The Bertz CT molecular complexity index is 938. The van der Waals surface area contributed by atoms with Crippen LogP contribution in [0.4, 0.5) is 8.78 Å². The lowest BCUT2D eigenvalue weighted by Crippen LogP contribution is -2.14. The summed E-state index contributed by atoms with van der Waals surface area (Å²) in [4.78, 5) is 12.6. The van der Waals surface area contributed by atoms with Crippen molar-refractivity contribution in [2.45, 2.75) is 30.9 Å². The van der Waals surface area contributed by atoms with Gasteiger partial charge >= 0.3 is 6.61 Å². The Labute approximate surface area is 158 Å². The molecule has 9 heteroatoms. The van der Waals surface area contributed by atoms with E-state index in [2.05, 4.69) is 14.9 Å². The van der Waals surface area contributed by atoms with Crippen LogP contribution in [0.1, 0.15) is 23.0 Å². The summed E-state index contributed by atoms with van der Waals surface area (Å²) in [6, 6.07) is 7.44. The van der Waals surface area contributed by atoms with Crippen LogP contribution in [0.25, 0.3) is 11.4 Å². The van der Waals surface area contributed by atoms with Crippen molar-refractivity contribution in [3.63, 3.8) is 0 Å². The van der Waals surface area contributed by atoms with Gasteiger partial charge in [-0.3, -0.25) is 4.79 Å². The van der Waals surface area contributed by atoms with Crippen LogP contribution < -0.4 is 4.74 Å². The summed E-state index contributed by atoms with van der Waals surface area (Å²) in [7, 11) is 1.82. The highest BCUT2D eigenvalue weighted by Crippen LogP contribution is 2.29. The zero-order valence-electron chi connectivity index (χ0n) is 14.8. The predicted molar refractivity (Wildman–Crippen MR) is 96.2 cm³/mol. The Hall–Kier alpha value is -2.68. The minimum atomic E-state index is -2.90. The molecule has 1 aromatic carbocycles. The summed E-state index contributed by atoms with van der Waals surface area (Å²) in [5, 5.41) is 8.48. The average Bonchev–Trinajstić information content (AvgIpc) is 3.20. The average molecular weight is 393 g/mol. The van der Waals surface area contributed by atoms with Crippen molar-refractivity contribution in [2.75, 3.05) is 0 Å². The highest BCUT2D eigenvalue weighted by atomic mass is 32.2. The molecule has 27 heavy (non-hydrogen) atoms. The van der Waals surface area contributed by atoms with Crippen LogP contribution in [0.5, 0.6) is 5.75 Å². The number of carbonyl (C=O) groups is 1. The number of ether oxygens (including phenoxy) is 1. The molecular weight excluding hydrogens is 376 g/mol. The lowest BCUT2D eigenvalue weighted by molar-refractivity contribution is -0.0498. The smallest absolute Gasteiger partial charge is 0.387 e. The summed E-state index contributed by atoms with van der Waals surface area (Å²) in [5.74, 6) is 1.25. The van der Waals surface area contributed by atoms with Gasteiger partial charge in [0.05, 0.1) is 17.1 Å². The van der Waals surface area contributed by atoms with Gasteiger partial charge in [0.2, 0.25) is 0 Å². The second-order valence-electron chi connectivity index (χ2n) is 5.78. The maximum atomic E-state index is 12.6. The van der Waals surface area contributed by atoms with Crippen LogP contribution in [-0.2, 0) is 7.05 Å². The largest absolute Gasteiger partial charge is 0.469 e. The normalized spacial score (nSPS) is 12.4. The molecule has 0 unspecified atom stereocenters. The molecule has 0 N–H and O–H groups in total. The maximum absolute atomic E-state index is 12.6. The Morgan fingerprint density at radius 1 is 1.22 bits per heavy atom. The number of furan rings is 1. The van der Waals surface area contributed by atoms with Gasteiger partial charge in [0.1, 0.15) is 11.5 Å². The number of nitrogens with zero attached hydrogens (tertiary/aromatic N) is 3. The number of Topliss-reactive ketones (excluding diaryl/α,β-unsaturated/α-hetero) is 1. The third-order valence-electron chi connectivity index (χ3n) is 3.95. The number of halogens is 2. The Kier molecular flexibility index (Phi) is 5.59. The maximum Gasteiger partial charge on any atom is 0.387 e. The fourth-order valence-corrected chi connectivity index (χ4v) is 3.41. The third kappa shape index (κ3) is 4.19. The van der Waals surface area contributed by atoms with Crippen molar-refractivity contribution < 1.29 is 22.7 Å². The van der Waals surface area contributed by atoms with Crippen LogP contribution in [0.2, 0.25) is 0 Å². The Morgan fingerprint density at radius 3 is 2.52 bits per heavy atom. The molecule has 2 heterocycles. The van der Waals surface area contributed by atoms with Gasteiger partial charge < -0.3 is 13.7 Å². The molecule has 0 amide bonds. The molecule has 0 fully saturated rings. The molecule has 0 aliphatic rings. The quantitative estimate of drug-likeness (QED) is 0.439. The first-order chi connectivity index (χ1) is 12.9. The van der Waals surface area contributed by atoms with E-state index in [1.54, 1.807) is 17.8 Å². The lowest BCUT2D eigenvalue weighted by Gasteiger charge is -2.11. The van der Waals surface area contributed by atoms with Gasteiger partial charge in [0.25, 0.3) is 0 Å². The molecule has 3 aromatic rings. The van der Waals surface area contributed by atoms with E-state index in [1.165, 1.54) is 36.0 Å². The van der Waals surface area contributed by atoms with Crippen LogP contribution in [0.3, 0.4) is 0 Å². The van der Waals surface area contributed by atoms with Crippen molar-refractivity contribution in [3.05, 3.63) is 47.9 Å². The summed E-state index contributed by atoms with van der Waals surface area (Å²) in [6.45, 7) is 0.698. The molecule has 0 radical (unpaired) electrons. The van der Waals surface area contributed by atoms with E-state index in [-0.39, 0.29) is 11.5 Å². The highest BCUT2D eigenvalue weighted by Gasteiger charge is 2.21. The zero-order chi connectivity index (χ0) is 19.6. The molecule has 2 aromatic heterocycles. The van der Waals surface area contributed by atoms with Crippen LogP contribution in [-0.4, -0.2) is 32.4 Å². The predicted octanol–water partition coefficient (Wildman–Crippen LogP) is 4.35. The Morgan fingerprint density at radius 2 is 1.93 bits per heavy atom. The molecule has 6 nitrogen and oxygen atoms in total. The number of aryl methyl sites for hydroxylation is 1. The summed E-state index contributed by atoms with van der Waals surface area (Å²) >= 11 is 1.27. The zero-order valence-corrected chi connectivity index (χ0v) is 15.7. The van der Waals surface area contributed by atoms with Gasteiger partial charge in [-0.2, -0.15) is 8.78 Å². The van der Waals surface area contributed by atoms with Crippen molar-refractivity contribution in [2.24, 2.45) is 7.05 Å². The van der Waals surface area contributed by atoms with Crippen molar-refractivity contribution >= 4 is 17.5 Å². The van der Waals surface area contributed by atoms with Crippen LogP contribution >= 0.6 is 11.8 Å².